The number of carbonyl (C=O) groups is 2. The summed E-state index contributed by atoms with van der Waals surface area (Å²) in [5, 5.41) is 4.44. The molecule has 0 aliphatic rings. The maximum absolute atomic E-state index is 11.6. The van der Waals surface area contributed by atoms with E-state index in [1.54, 1.807) is 25.1 Å². The predicted octanol–water partition coefficient (Wildman–Crippen LogP) is 0.929. The van der Waals surface area contributed by atoms with Crippen LogP contribution < -0.4 is 21.1 Å². The van der Waals surface area contributed by atoms with Crippen molar-refractivity contribution in [3.8, 4) is 5.75 Å². The van der Waals surface area contributed by atoms with Gasteiger partial charge in [0.05, 0.1) is 0 Å². The molecule has 6 nitrogen and oxygen atoms in total. The maximum Gasteiger partial charge on any atom is 0.321 e. The molecule has 1 aromatic carbocycles. The fraction of sp³-hybridized carbons (Fsp3) is 0.385. The largest absolute Gasteiger partial charge is 0.481 e. The second kappa shape index (κ2) is 6.75. The number of rotatable bonds is 4. The molecule has 6 heteroatoms. The topological polar surface area (TPSA) is 93.5 Å². The van der Waals surface area contributed by atoms with Crippen LogP contribution in [0.1, 0.15) is 25.5 Å². The first-order chi connectivity index (χ1) is 8.93. The van der Waals surface area contributed by atoms with Crippen LogP contribution in [-0.2, 0) is 4.79 Å². The lowest BCUT2D eigenvalue weighted by molar-refractivity contribution is -0.126. The number of nitrogens with two attached hydrogens (primary N) is 1. The highest BCUT2D eigenvalue weighted by Crippen LogP contribution is 2.18. The lowest BCUT2D eigenvalue weighted by Gasteiger charge is -2.15. The minimum Gasteiger partial charge on any atom is -0.481 e. The smallest absolute Gasteiger partial charge is 0.321 e. The normalized spacial score (nSPS) is 13.3. The Morgan fingerprint density at radius 1 is 1.32 bits per heavy atom. The molecule has 1 aromatic rings. The van der Waals surface area contributed by atoms with Crippen molar-refractivity contribution in [1.29, 1.82) is 0 Å². The lowest BCUT2D eigenvalue weighted by atomic mass is 10.1. The monoisotopic (exact) mass is 265 g/mol. The highest BCUT2D eigenvalue weighted by Gasteiger charge is 2.17. The van der Waals surface area contributed by atoms with E-state index in [0.717, 1.165) is 5.56 Å². The van der Waals surface area contributed by atoms with Gasteiger partial charge >= 0.3 is 6.03 Å². The second-order valence-corrected chi connectivity index (χ2v) is 4.19. The third-order valence-corrected chi connectivity index (χ3v) is 2.53. The molecule has 0 fully saturated rings. The van der Waals surface area contributed by atoms with E-state index in [2.05, 4.69) is 10.6 Å². The summed E-state index contributed by atoms with van der Waals surface area (Å²) in [6.07, 6.45) is -0.777. The lowest BCUT2D eigenvalue weighted by Crippen LogP contribution is -2.43. The maximum atomic E-state index is 11.6. The van der Waals surface area contributed by atoms with Crippen molar-refractivity contribution in [1.82, 2.24) is 10.6 Å². The number of benzene rings is 1. The minimum absolute atomic E-state index is 0.112. The first kappa shape index (κ1) is 15.0. The fourth-order valence-electron chi connectivity index (χ4n) is 1.40. The summed E-state index contributed by atoms with van der Waals surface area (Å²) < 4.78 is 5.46. The molecule has 4 N–H and O–H groups in total. The first-order valence-corrected chi connectivity index (χ1v) is 5.98. The van der Waals surface area contributed by atoms with Gasteiger partial charge in [-0.1, -0.05) is 12.1 Å². The minimum atomic E-state index is -0.777. The molecule has 2 atom stereocenters. The summed E-state index contributed by atoms with van der Waals surface area (Å²) in [4.78, 5) is 22.6. The van der Waals surface area contributed by atoms with E-state index in [4.69, 9.17) is 10.5 Å². The Hall–Kier alpha value is -2.08. The standard InChI is InChI=1S/C13H19N3O3/c1-8(14)10-5-4-6-11(7-10)19-9(2)12(17)16-13(18)15-3/h4-9H,14H2,1-3H3,(H2,15,16,17,18). The molecule has 0 spiro atoms. The second-order valence-electron chi connectivity index (χ2n) is 4.19. The zero-order valence-corrected chi connectivity index (χ0v) is 11.3. The number of carbonyl (C=O) groups excluding carboxylic acids is 2. The molecular formula is C13H19N3O3. The molecule has 0 saturated carbocycles. The van der Waals surface area contributed by atoms with Crippen molar-refractivity contribution in [3.63, 3.8) is 0 Å². The summed E-state index contributed by atoms with van der Waals surface area (Å²) >= 11 is 0. The summed E-state index contributed by atoms with van der Waals surface area (Å²) in [5.41, 5.74) is 6.68. The van der Waals surface area contributed by atoms with Crippen molar-refractivity contribution in [2.45, 2.75) is 26.0 Å². The highest BCUT2D eigenvalue weighted by molar-refractivity contribution is 5.96. The van der Waals surface area contributed by atoms with E-state index in [1.807, 2.05) is 13.0 Å². The Morgan fingerprint density at radius 3 is 2.58 bits per heavy atom. The zero-order chi connectivity index (χ0) is 14.4. The summed E-state index contributed by atoms with van der Waals surface area (Å²) in [5.74, 6) is 0.0277. The van der Waals surface area contributed by atoms with Crippen LogP contribution in [0.25, 0.3) is 0 Å². The molecule has 0 aliphatic carbocycles. The van der Waals surface area contributed by atoms with E-state index in [0.29, 0.717) is 5.75 Å². The SMILES string of the molecule is CNC(=O)NC(=O)C(C)Oc1cccc(C(C)N)c1. The Morgan fingerprint density at radius 2 is 2.00 bits per heavy atom. The zero-order valence-electron chi connectivity index (χ0n) is 11.3. The van der Waals surface area contributed by atoms with Gasteiger partial charge in [0.25, 0.3) is 5.91 Å². The molecule has 0 radical (unpaired) electrons. The van der Waals surface area contributed by atoms with E-state index in [9.17, 15) is 9.59 Å². The van der Waals surface area contributed by atoms with Crippen LogP contribution in [0.4, 0.5) is 4.79 Å². The van der Waals surface area contributed by atoms with Crippen molar-refractivity contribution in [2.24, 2.45) is 5.73 Å². The predicted molar refractivity (Wildman–Crippen MR) is 71.7 cm³/mol. The Kier molecular flexibility index (Phi) is 5.32. The van der Waals surface area contributed by atoms with Crippen molar-refractivity contribution in [2.75, 3.05) is 7.05 Å². The molecule has 2 unspecified atom stereocenters. The molecule has 19 heavy (non-hydrogen) atoms. The van der Waals surface area contributed by atoms with Crippen LogP contribution in [0, 0.1) is 0 Å². The third kappa shape index (κ3) is 4.59. The summed E-state index contributed by atoms with van der Waals surface area (Å²) in [6, 6.07) is 6.51. The number of nitrogens with one attached hydrogen (secondary N) is 2. The number of amides is 3. The van der Waals surface area contributed by atoms with Crippen molar-refractivity contribution >= 4 is 11.9 Å². The average Bonchev–Trinajstić information content (AvgIpc) is 2.38. The van der Waals surface area contributed by atoms with E-state index < -0.39 is 18.0 Å². The highest BCUT2D eigenvalue weighted by atomic mass is 16.5. The van der Waals surface area contributed by atoms with Crippen LogP contribution in [0.15, 0.2) is 24.3 Å². The van der Waals surface area contributed by atoms with Gasteiger partial charge in [-0.3, -0.25) is 10.1 Å². The van der Waals surface area contributed by atoms with E-state index >= 15 is 0 Å². The van der Waals surface area contributed by atoms with Crippen molar-refractivity contribution in [3.05, 3.63) is 29.8 Å². The number of hydrogen-bond acceptors (Lipinski definition) is 4. The van der Waals surface area contributed by atoms with Crippen LogP contribution in [0.5, 0.6) is 5.75 Å². The molecule has 0 aliphatic heterocycles. The van der Waals surface area contributed by atoms with Crippen LogP contribution >= 0.6 is 0 Å². The van der Waals surface area contributed by atoms with E-state index in [1.165, 1.54) is 7.05 Å². The van der Waals surface area contributed by atoms with Gasteiger partial charge in [-0.25, -0.2) is 4.79 Å². The summed E-state index contributed by atoms with van der Waals surface area (Å²) in [6.45, 7) is 3.43. The molecule has 0 saturated heterocycles. The van der Waals surface area contributed by atoms with Crippen LogP contribution in [-0.4, -0.2) is 25.1 Å². The van der Waals surface area contributed by atoms with Crippen LogP contribution in [0.2, 0.25) is 0 Å². The molecule has 104 valence electrons. The van der Waals surface area contributed by atoms with E-state index in [-0.39, 0.29) is 6.04 Å². The van der Waals surface area contributed by atoms with Gasteiger partial charge in [0.2, 0.25) is 0 Å². The third-order valence-electron chi connectivity index (χ3n) is 2.53. The number of hydrogen-bond donors (Lipinski definition) is 3. The number of urea groups is 1. The van der Waals surface area contributed by atoms with Gasteiger partial charge in [0, 0.05) is 13.1 Å². The molecular weight excluding hydrogens is 246 g/mol. The van der Waals surface area contributed by atoms with Gasteiger partial charge < -0.3 is 15.8 Å². The Balaban J connectivity index is 2.66. The first-order valence-electron chi connectivity index (χ1n) is 5.98. The molecule has 1 rings (SSSR count). The molecule has 0 bridgehead atoms. The van der Waals surface area contributed by atoms with Gasteiger partial charge in [-0.2, -0.15) is 0 Å². The number of imide groups is 1. The van der Waals surface area contributed by atoms with Gasteiger partial charge in [-0.05, 0) is 31.5 Å². The molecule has 0 aromatic heterocycles. The number of ether oxygens (including phenoxy) is 1. The molecule has 3 amide bonds. The Labute approximate surface area is 112 Å². The van der Waals surface area contributed by atoms with Crippen molar-refractivity contribution < 1.29 is 14.3 Å². The molecule has 0 heterocycles. The summed E-state index contributed by atoms with van der Waals surface area (Å²) in [7, 11) is 1.43. The van der Waals surface area contributed by atoms with Crippen LogP contribution in [0.3, 0.4) is 0 Å². The Bertz CT molecular complexity index is 460. The van der Waals surface area contributed by atoms with Gasteiger partial charge in [-0.15, -0.1) is 0 Å². The average molecular weight is 265 g/mol. The quantitative estimate of drug-likeness (QED) is 0.755. The van der Waals surface area contributed by atoms with Gasteiger partial charge in [0.1, 0.15) is 5.75 Å². The fourth-order valence-corrected chi connectivity index (χ4v) is 1.40. The van der Waals surface area contributed by atoms with Gasteiger partial charge in [0.15, 0.2) is 6.10 Å².